The van der Waals surface area contributed by atoms with Crippen molar-refractivity contribution in [3.63, 3.8) is 0 Å². The van der Waals surface area contributed by atoms with Gasteiger partial charge in [-0.25, -0.2) is 9.97 Å². The highest BCUT2D eigenvalue weighted by molar-refractivity contribution is 7.15. The van der Waals surface area contributed by atoms with E-state index in [2.05, 4.69) is 27.9 Å². The Morgan fingerprint density at radius 2 is 1.79 bits per heavy atom. The number of hydrogen-bond donors (Lipinski definition) is 1. The summed E-state index contributed by atoms with van der Waals surface area (Å²) in [6.07, 6.45) is 0.172. The fraction of sp³-hybridized carbons (Fsp3) is 0.240. The van der Waals surface area contributed by atoms with Crippen LogP contribution in [0.3, 0.4) is 0 Å². The SMILES string of the molecule is Cc1nc(-c2ccc(C(F)(F)F)cc2)sc1Cn1nc(C)c(Cc2c[nH]c3ncccc23)c1C. The van der Waals surface area contributed by atoms with Crippen LogP contribution in [0, 0.1) is 20.8 Å². The summed E-state index contributed by atoms with van der Waals surface area (Å²) in [5.74, 6) is 0. The van der Waals surface area contributed by atoms with E-state index in [1.54, 1.807) is 6.20 Å². The third-order valence-corrected chi connectivity index (χ3v) is 7.27. The van der Waals surface area contributed by atoms with Crippen LogP contribution in [0.25, 0.3) is 21.6 Å². The monoisotopic (exact) mass is 481 g/mol. The topological polar surface area (TPSA) is 59.4 Å². The van der Waals surface area contributed by atoms with Gasteiger partial charge in [-0.05, 0) is 50.6 Å². The molecule has 0 spiro atoms. The molecule has 0 amide bonds. The molecular formula is C25H22F3N5S. The number of pyridine rings is 1. The summed E-state index contributed by atoms with van der Waals surface area (Å²) in [6, 6.07) is 9.14. The van der Waals surface area contributed by atoms with Crippen LogP contribution in [0.15, 0.2) is 48.8 Å². The number of thiazole rings is 1. The number of rotatable bonds is 5. The number of benzene rings is 1. The summed E-state index contributed by atoms with van der Waals surface area (Å²) in [6.45, 7) is 6.56. The van der Waals surface area contributed by atoms with Crippen molar-refractivity contribution in [3.05, 3.63) is 87.4 Å². The molecule has 4 heterocycles. The van der Waals surface area contributed by atoms with Crippen LogP contribution in [0.1, 0.15) is 38.6 Å². The van der Waals surface area contributed by atoms with Gasteiger partial charge < -0.3 is 4.98 Å². The quantitative estimate of drug-likeness (QED) is 0.313. The number of aryl methyl sites for hydroxylation is 2. The maximum atomic E-state index is 12.9. The van der Waals surface area contributed by atoms with Crippen molar-refractivity contribution in [1.29, 1.82) is 0 Å². The summed E-state index contributed by atoms with van der Waals surface area (Å²) in [7, 11) is 0. The van der Waals surface area contributed by atoms with Crippen molar-refractivity contribution in [2.45, 2.75) is 39.9 Å². The lowest BCUT2D eigenvalue weighted by Gasteiger charge is -2.06. The standard InChI is InChI=1S/C25H22F3N5S/c1-14-21(11-18-12-30-23-20(18)5-4-10-29-23)16(3)33(32-14)13-22-15(2)31-24(34-22)17-6-8-19(9-7-17)25(26,27)28/h4-10,12H,11,13H2,1-3H3,(H,29,30). The van der Waals surface area contributed by atoms with Crippen molar-refractivity contribution >= 4 is 22.4 Å². The smallest absolute Gasteiger partial charge is 0.346 e. The first-order valence-electron chi connectivity index (χ1n) is 10.8. The average molecular weight is 482 g/mol. The van der Waals surface area contributed by atoms with Gasteiger partial charge in [-0.3, -0.25) is 4.68 Å². The minimum atomic E-state index is -4.35. The van der Waals surface area contributed by atoms with Crippen molar-refractivity contribution in [3.8, 4) is 10.6 Å². The third kappa shape index (κ3) is 4.11. The van der Waals surface area contributed by atoms with Crippen LogP contribution < -0.4 is 0 Å². The molecule has 0 radical (unpaired) electrons. The molecule has 1 N–H and O–H groups in total. The highest BCUT2D eigenvalue weighted by atomic mass is 32.1. The number of hydrogen-bond acceptors (Lipinski definition) is 4. The van der Waals surface area contributed by atoms with Gasteiger partial charge in [-0.1, -0.05) is 12.1 Å². The van der Waals surface area contributed by atoms with Crippen molar-refractivity contribution in [2.75, 3.05) is 0 Å². The Hall–Kier alpha value is -3.46. The van der Waals surface area contributed by atoms with E-state index in [1.807, 2.05) is 30.8 Å². The summed E-state index contributed by atoms with van der Waals surface area (Å²) in [5.41, 5.74) is 6.15. The first-order chi connectivity index (χ1) is 16.2. The molecule has 5 nitrogen and oxygen atoms in total. The molecule has 0 aliphatic heterocycles. The van der Waals surface area contributed by atoms with Crippen LogP contribution in [0.4, 0.5) is 13.2 Å². The number of fused-ring (bicyclic) bond motifs is 1. The van der Waals surface area contributed by atoms with E-state index in [1.165, 1.54) is 34.6 Å². The second-order valence-corrected chi connectivity index (χ2v) is 9.38. The third-order valence-electron chi connectivity index (χ3n) is 6.08. The van der Waals surface area contributed by atoms with Crippen molar-refractivity contribution in [1.82, 2.24) is 24.7 Å². The molecule has 5 rings (SSSR count). The lowest BCUT2D eigenvalue weighted by molar-refractivity contribution is -0.137. The van der Waals surface area contributed by atoms with E-state index in [4.69, 9.17) is 5.10 Å². The van der Waals surface area contributed by atoms with Gasteiger partial charge in [0.2, 0.25) is 0 Å². The van der Waals surface area contributed by atoms with Gasteiger partial charge >= 0.3 is 6.18 Å². The van der Waals surface area contributed by atoms with Gasteiger partial charge in [0.25, 0.3) is 0 Å². The largest absolute Gasteiger partial charge is 0.416 e. The normalized spacial score (nSPS) is 12.1. The van der Waals surface area contributed by atoms with Gasteiger partial charge in [0, 0.05) is 45.9 Å². The molecule has 0 aliphatic carbocycles. The number of aromatic nitrogens is 5. The molecule has 0 atom stereocenters. The summed E-state index contributed by atoms with van der Waals surface area (Å²) < 4.78 is 40.6. The number of aromatic amines is 1. The van der Waals surface area contributed by atoms with Gasteiger partial charge in [-0.15, -0.1) is 11.3 Å². The lowest BCUT2D eigenvalue weighted by Crippen LogP contribution is -2.04. The van der Waals surface area contributed by atoms with E-state index in [9.17, 15) is 13.2 Å². The predicted octanol–water partition coefficient (Wildman–Crippen LogP) is 6.47. The van der Waals surface area contributed by atoms with Crippen LogP contribution in [0.2, 0.25) is 0 Å². The van der Waals surface area contributed by atoms with Gasteiger partial charge in [-0.2, -0.15) is 18.3 Å². The Morgan fingerprint density at radius 3 is 2.53 bits per heavy atom. The average Bonchev–Trinajstić information content (AvgIpc) is 3.46. The molecular weight excluding hydrogens is 459 g/mol. The number of halogens is 3. The highest BCUT2D eigenvalue weighted by Crippen LogP contribution is 2.33. The maximum Gasteiger partial charge on any atom is 0.416 e. The van der Waals surface area contributed by atoms with Gasteiger partial charge in [0.05, 0.1) is 23.5 Å². The van der Waals surface area contributed by atoms with E-state index in [0.717, 1.165) is 51.5 Å². The molecule has 0 fully saturated rings. The molecule has 34 heavy (non-hydrogen) atoms. The predicted molar refractivity (Wildman–Crippen MR) is 127 cm³/mol. The van der Waals surface area contributed by atoms with Crippen LogP contribution in [-0.4, -0.2) is 24.7 Å². The van der Waals surface area contributed by atoms with Gasteiger partial charge in [0.15, 0.2) is 0 Å². The van der Waals surface area contributed by atoms with Crippen molar-refractivity contribution in [2.24, 2.45) is 0 Å². The first kappa shape index (κ1) is 22.3. The molecule has 0 unspecified atom stereocenters. The molecule has 174 valence electrons. The van der Waals surface area contributed by atoms with Crippen molar-refractivity contribution < 1.29 is 13.2 Å². The molecule has 0 aliphatic rings. The summed E-state index contributed by atoms with van der Waals surface area (Å²) in [5, 5.41) is 6.58. The zero-order valence-electron chi connectivity index (χ0n) is 18.9. The Morgan fingerprint density at radius 1 is 1.03 bits per heavy atom. The first-order valence-corrected chi connectivity index (χ1v) is 11.6. The minimum Gasteiger partial charge on any atom is -0.346 e. The molecule has 0 bridgehead atoms. The zero-order valence-corrected chi connectivity index (χ0v) is 19.7. The molecule has 1 aromatic carbocycles. The lowest BCUT2D eigenvalue weighted by atomic mass is 10.0. The number of H-pyrrole nitrogens is 1. The number of nitrogens with zero attached hydrogens (tertiary/aromatic N) is 4. The Bertz CT molecular complexity index is 1480. The summed E-state index contributed by atoms with van der Waals surface area (Å²) in [4.78, 5) is 13.2. The number of nitrogens with one attached hydrogen (secondary N) is 1. The minimum absolute atomic E-state index is 0.562. The Kier molecular flexibility index (Phi) is 5.51. The molecule has 0 saturated heterocycles. The van der Waals surface area contributed by atoms with Crippen LogP contribution in [-0.2, 0) is 19.1 Å². The zero-order chi connectivity index (χ0) is 24.0. The van der Waals surface area contributed by atoms with E-state index < -0.39 is 11.7 Å². The van der Waals surface area contributed by atoms with Crippen LogP contribution >= 0.6 is 11.3 Å². The molecule has 5 aromatic rings. The fourth-order valence-corrected chi connectivity index (χ4v) is 5.18. The highest BCUT2D eigenvalue weighted by Gasteiger charge is 2.30. The maximum absolute atomic E-state index is 12.9. The number of alkyl halides is 3. The molecule has 9 heteroatoms. The van der Waals surface area contributed by atoms with Crippen LogP contribution in [0.5, 0.6) is 0 Å². The van der Waals surface area contributed by atoms with E-state index in [0.29, 0.717) is 17.1 Å². The summed E-state index contributed by atoms with van der Waals surface area (Å²) >= 11 is 1.49. The fourth-order valence-electron chi connectivity index (χ4n) is 4.13. The second kappa shape index (κ2) is 8.39. The second-order valence-electron chi connectivity index (χ2n) is 8.30. The van der Waals surface area contributed by atoms with Gasteiger partial charge in [0.1, 0.15) is 10.7 Å². The van der Waals surface area contributed by atoms with E-state index in [-0.39, 0.29) is 0 Å². The molecule has 4 aromatic heterocycles. The molecule has 0 saturated carbocycles. The Balaban J connectivity index is 1.40. The van der Waals surface area contributed by atoms with E-state index >= 15 is 0 Å². The Labute approximate surface area is 198 Å².